The third-order valence-corrected chi connectivity index (χ3v) is 5.43. The maximum Gasteiger partial charge on any atom is 0.387 e. The molecule has 6 nitrogen and oxygen atoms in total. The molecule has 1 atom stereocenters. The van der Waals surface area contributed by atoms with E-state index in [-0.39, 0.29) is 11.5 Å². The van der Waals surface area contributed by atoms with Crippen LogP contribution in [0.5, 0.6) is 17.2 Å². The van der Waals surface area contributed by atoms with Crippen LogP contribution in [0, 0.1) is 0 Å². The fourth-order valence-electron chi connectivity index (χ4n) is 3.82. The van der Waals surface area contributed by atoms with Gasteiger partial charge in [0.2, 0.25) is 0 Å². The molecule has 1 fully saturated rings. The molecule has 0 radical (unpaired) electrons. The number of alkyl halides is 2. The largest absolute Gasteiger partial charge is 0.497 e. The van der Waals surface area contributed by atoms with Gasteiger partial charge in [0, 0.05) is 32.6 Å². The van der Waals surface area contributed by atoms with Gasteiger partial charge >= 0.3 is 6.61 Å². The Balaban J connectivity index is 1.54. The van der Waals surface area contributed by atoms with Crippen molar-refractivity contribution in [3.05, 3.63) is 53.6 Å². The number of rotatable bonds is 8. The van der Waals surface area contributed by atoms with Gasteiger partial charge in [0.15, 0.2) is 17.5 Å². The predicted molar refractivity (Wildman–Crippen MR) is 117 cm³/mol. The average molecular weight is 433 g/mol. The molecule has 0 saturated carbocycles. The van der Waals surface area contributed by atoms with Crippen LogP contribution in [0.3, 0.4) is 0 Å². The molecule has 0 spiro atoms. The molecule has 0 bridgehead atoms. The molecule has 2 aromatic carbocycles. The lowest BCUT2D eigenvalue weighted by Gasteiger charge is -2.22. The molecule has 1 heterocycles. The first-order chi connectivity index (χ1) is 15.0. The third-order valence-electron chi connectivity index (χ3n) is 5.43. The van der Waals surface area contributed by atoms with E-state index < -0.39 is 6.61 Å². The van der Waals surface area contributed by atoms with E-state index in [4.69, 9.17) is 9.47 Å². The van der Waals surface area contributed by atoms with Crippen LogP contribution < -0.4 is 19.5 Å². The molecule has 2 aromatic rings. The van der Waals surface area contributed by atoms with E-state index in [9.17, 15) is 8.78 Å². The minimum absolute atomic E-state index is 0.0428. The van der Waals surface area contributed by atoms with Crippen molar-refractivity contribution in [1.29, 1.82) is 0 Å². The predicted octanol–water partition coefficient (Wildman–Crippen LogP) is 3.91. The van der Waals surface area contributed by atoms with Crippen molar-refractivity contribution in [1.82, 2.24) is 10.2 Å². The van der Waals surface area contributed by atoms with E-state index in [1.54, 1.807) is 26.3 Å². The lowest BCUT2D eigenvalue weighted by atomic mass is 9.98. The van der Waals surface area contributed by atoms with E-state index in [1.165, 1.54) is 12.7 Å². The van der Waals surface area contributed by atoms with Crippen LogP contribution in [0.2, 0.25) is 0 Å². The highest BCUT2D eigenvalue weighted by molar-refractivity contribution is 5.80. The number of nitrogens with zero attached hydrogens (tertiary/aromatic N) is 2. The highest BCUT2D eigenvalue weighted by atomic mass is 19.3. The highest BCUT2D eigenvalue weighted by Gasteiger charge is 2.26. The van der Waals surface area contributed by atoms with Crippen molar-refractivity contribution in [2.45, 2.75) is 25.4 Å². The maximum atomic E-state index is 12.6. The van der Waals surface area contributed by atoms with Crippen LogP contribution in [0.15, 0.2) is 47.5 Å². The monoisotopic (exact) mass is 433 g/mol. The maximum absolute atomic E-state index is 12.6. The molecular weight excluding hydrogens is 404 g/mol. The summed E-state index contributed by atoms with van der Waals surface area (Å²) in [6, 6.07) is 13.3. The summed E-state index contributed by atoms with van der Waals surface area (Å²) < 4.78 is 40.1. The number of benzene rings is 2. The van der Waals surface area contributed by atoms with Crippen LogP contribution in [0.4, 0.5) is 8.78 Å². The number of guanidine groups is 1. The first-order valence-electron chi connectivity index (χ1n) is 10.2. The number of methoxy groups -OCH3 is 2. The van der Waals surface area contributed by atoms with Crippen LogP contribution >= 0.6 is 0 Å². The van der Waals surface area contributed by atoms with Gasteiger partial charge < -0.3 is 24.4 Å². The van der Waals surface area contributed by atoms with Gasteiger partial charge in [-0.2, -0.15) is 8.78 Å². The number of hydrogen-bond donors (Lipinski definition) is 1. The number of halogens is 2. The molecule has 3 rings (SSSR count). The Hall–Kier alpha value is -3.03. The van der Waals surface area contributed by atoms with Gasteiger partial charge in [-0.1, -0.05) is 18.2 Å². The zero-order chi connectivity index (χ0) is 22.2. The number of nitrogens with one attached hydrogen (secondary N) is 1. The molecule has 168 valence electrons. The zero-order valence-corrected chi connectivity index (χ0v) is 18.1. The van der Waals surface area contributed by atoms with Crippen molar-refractivity contribution >= 4 is 5.96 Å². The van der Waals surface area contributed by atoms with E-state index in [2.05, 4.69) is 32.1 Å². The zero-order valence-electron chi connectivity index (χ0n) is 18.1. The SMILES string of the molecule is CN=C(NCCc1ccc(OC)c(OC(F)F)c1)N1CCC(c2ccc(OC)cc2)C1. The number of aliphatic imine (C=N–C) groups is 1. The fourth-order valence-corrected chi connectivity index (χ4v) is 3.82. The van der Waals surface area contributed by atoms with E-state index in [0.29, 0.717) is 18.9 Å². The lowest BCUT2D eigenvalue weighted by molar-refractivity contribution is -0.0512. The standard InChI is InChI=1S/C23H29F2N3O3/c1-26-23(28-13-11-18(15-28)17-5-7-19(29-2)8-6-17)27-12-10-16-4-9-20(30-3)21(14-16)31-22(24)25/h4-9,14,18,22H,10-13,15H2,1-3H3,(H,26,27). The van der Waals surface area contributed by atoms with Gasteiger partial charge in [-0.15, -0.1) is 0 Å². The summed E-state index contributed by atoms with van der Waals surface area (Å²) in [5, 5.41) is 3.37. The molecule has 31 heavy (non-hydrogen) atoms. The van der Waals surface area contributed by atoms with E-state index in [0.717, 1.165) is 36.8 Å². The van der Waals surface area contributed by atoms with Crippen molar-refractivity contribution < 1.29 is 23.0 Å². The molecule has 8 heteroatoms. The molecule has 1 saturated heterocycles. The molecule has 0 aromatic heterocycles. The summed E-state index contributed by atoms with van der Waals surface area (Å²) in [6.07, 6.45) is 1.69. The van der Waals surface area contributed by atoms with Crippen molar-refractivity contribution in [3.63, 3.8) is 0 Å². The quantitative estimate of drug-likeness (QED) is 0.505. The normalized spacial score (nSPS) is 16.5. The summed E-state index contributed by atoms with van der Waals surface area (Å²) in [6.45, 7) is -0.460. The first-order valence-corrected chi connectivity index (χ1v) is 10.2. The first kappa shape index (κ1) is 22.7. The average Bonchev–Trinajstić information content (AvgIpc) is 3.26. The number of ether oxygens (including phenoxy) is 3. The smallest absolute Gasteiger partial charge is 0.387 e. The van der Waals surface area contributed by atoms with Gasteiger partial charge in [0.05, 0.1) is 14.2 Å². The van der Waals surface area contributed by atoms with Crippen LogP contribution in [-0.4, -0.2) is 58.4 Å². The Morgan fingerprint density at radius 2 is 1.90 bits per heavy atom. The van der Waals surface area contributed by atoms with Crippen LogP contribution in [0.1, 0.15) is 23.5 Å². The topological polar surface area (TPSA) is 55.3 Å². The van der Waals surface area contributed by atoms with Crippen molar-refractivity contribution in [3.8, 4) is 17.2 Å². The molecule has 1 aliphatic rings. The summed E-state index contributed by atoms with van der Waals surface area (Å²) in [4.78, 5) is 6.65. The highest BCUT2D eigenvalue weighted by Crippen LogP contribution is 2.30. The molecule has 0 aliphatic carbocycles. The Morgan fingerprint density at radius 3 is 2.55 bits per heavy atom. The van der Waals surface area contributed by atoms with Gasteiger partial charge in [-0.3, -0.25) is 4.99 Å². The molecular formula is C23H29F2N3O3. The summed E-state index contributed by atoms with van der Waals surface area (Å²) in [7, 11) is 4.86. The third kappa shape index (κ3) is 5.99. The Morgan fingerprint density at radius 1 is 1.13 bits per heavy atom. The summed E-state index contributed by atoms with van der Waals surface area (Å²) in [5.74, 6) is 2.47. The van der Waals surface area contributed by atoms with E-state index >= 15 is 0 Å². The minimum Gasteiger partial charge on any atom is -0.497 e. The lowest BCUT2D eigenvalue weighted by Crippen LogP contribution is -2.40. The van der Waals surface area contributed by atoms with Crippen molar-refractivity contribution in [2.24, 2.45) is 4.99 Å². The second-order valence-electron chi connectivity index (χ2n) is 7.29. The molecule has 1 N–H and O–H groups in total. The second kappa shape index (κ2) is 10.8. The van der Waals surface area contributed by atoms with Crippen molar-refractivity contribution in [2.75, 3.05) is 40.9 Å². The summed E-state index contributed by atoms with van der Waals surface area (Å²) >= 11 is 0. The van der Waals surface area contributed by atoms with Gasteiger partial charge in [-0.25, -0.2) is 0 Å². The second-order valence-corrected chi connectivity index (χ2v) is 7.29. The number of likely N-dealkylation sites (tertiary alicyclic amines) is 1. The molecule has 1 aliphatic heterocycles. The Labute approximate surface area is 181 Å². The van der Waals surface area contributed by atoms with Gasteiger partial charge in [-0.05, 0) is 48.2 Å². The fraction of sp³-hybridized carbons (Fsp3) is 0.435. The van der Waals surface area contributed by atoms with Crippen LogP contribution in [-0.2, 0) is 6.42 Å². The van der Waals surface area contributed by atoms with Crippen LogP contribution in [0.25, 0.3) is 0 Å². The van der Waals surface area contributed by atoms with Gasteiger partial charge in [0.25, 0.3) is 0 Å². The van der Waals surface area contributed by atoms with E-state index in [1.807, 2.05) is 18.2 Å². The minimum atomic E-state index is -2.89. The Bertz CT molecular complexity index is 875. The Kier molecular flexibility index (Phi) is 7.92. The molecule has 0 amide bonds. The van der Waals surface area contributed by atoms with Gasteiger partial charge in [0.1, 0.15) is 5.75 Å². The molecule has 1 unspecified atom stereocenters. The summed E-state index contributed by atoms with van der Waals surface area (Å²) in [5.41, 5.74) is 2.17. The number of hydrogen-bond acceptors (Lipinski definition) is 4.